The Hall–Kier alpha value is -1.45. The molecule has 2 N–H and O–H groups in total. The van der Waals surface area contributed by atoms with Gasteiger partial charge in [-0.1, -0.05) is 0 Å². The maximum Gasteiger partial charge on any atom is 0.197 e. The zero-order valence-electron chi connectivity index (χ0n) is 8.15. The second-order valence-electron chi connectivity index (χ2n) is 3.79. The Morgan fingerprint density at radius 2 is 2.08 bits per heavy atom. The highest BCUT2D eigenvalue weighted by molar-refractivity contribution is 5.55. The standard InChI is InChI=1S/C9H14N4/c1-9(2,3)13-12-8-7(10)5-4-6-11-8/h4-6H,10H2,1-3H3. The van der Waals surface area contributed by atoms with Gasteiger partial charge in [-0.2, -0.15) is 5.11 Å². The third-order valence-electron chi connectivity index (χ3n) is 1.26. The molecule has 13 heavy (non-hydrogen) atoms. The average Bonchev–Trinajstić information content (AvgIpc) is 2.01. The van der Waals surface area contributed by atoms with Crippen molar-refractivity contribution in [3.05, 3.63) is 18.3 Å². The van der Waals surface area contributed by atoms with Gasteiger partial charge in [-0.15, -0.1) is 5.11 Å². The SMILES string of the molecule is CC(C)(C)N=Nc1ncccc1N. The predicted molar refractivity (Wildman–Crippen MR) is 52.9 cm³/mol. The number of nitrogens with zero attached hydrogens (tertiary/aromatic N) is 3. The molecule has 0 saturated carbocycles. The number of aromatic nitrogens is 1. The summed E-state index contributed by atoms with van der Waals surface area (Å²) in [6, 6.07) is 3.52. The fraction of sp³-hybridized carbons (Fsp3) is 0.444. The third kappa shape index (κ3) is 3.19. The lowest BCUT2D eigenvalue weighted by Gasteiger charge is -2.08. The van der Waals surface area contributed by atoms with E-state index < -0.39 is 0 Å². The van der Waals surface area contributed by atoms with E-state index in [-0.39, 0.29) is 5.54 Å². The zero-order valence-corrected chi connectivity index (χ0v) is 8.15. The summed E-state index contributed by atoms with van der Waals surface area (Å²) in [5.74, 6) is 0.484. The van der Waals surface area contributed by atoms with Crippen molar-refractivity contribution in [3.63, 3.8) is 0 Å². The molecule has 4 heteroatoms. The van der Waals surface area contributed by atoms with Gasteiger partial charge in [-0.3, -0.25) is 0 Å². The van der Waals surface area contributed by atoms with Crippen LogP contribution in [0.25, 0.3) is 0 Å². The Morgan fingerprint density at radius 1 is 1.38 bits per heavy atom. The van der Waals surface area contributed by atoms with E-state index in [1.54, 1.807) is 18.3 Å². The molecule has 0 saturated heterocycles. The van der Waals surface area contributed by atoms with Gasteiger partial charge in [-0.25, -0.2) is 4.98 Å². The van der Waals surface area contributed by atoms with Crippen LogP contribution in [0.2, 0.25) is 0 Å². The van der Waals surface area contributed by atoms with Crippen LogP contribution in [0.3, 0.4) is 0 Å². The molecule has 0 radical (unpaired) electrons. The normalized spacial score (nSPS) is 12.2. The molecule has 0 atom stereocenters. The van der Waals surface area contributed by atoms with Gasteiger partial charge in [0.05, 0.1) is 11.2 Å². The van der Waals surface area contributed by atoms with Crippen LogP contribution >= 0.6 is 0 Å². The van der Waals surface area contributed by atoms with Crippen molar-refractivity contribution in [2.75, 3.05) is 5.73 Å². The smallest absolute Gasteiger partial charge is 0.197 e. The van der Waals surface area contributed by atoms with Gasteiger partial charge in [0.2, 0.25) is 0 Å². The Balaban J connectivity index is 2.86. The fourth-order valence-electron chi connectivity index (χ4n) is 0.690. The molecular weight excluding hydrogens is 164 g/mol. The predicted octanol–water partition coefficient (Wildman–Crippen LogP) is 2.55. The highest BCUT2D eigenvalue weighted by atomic mass is 15.2. The summed E-state index contributed by atoms with van der Waals surface area (Å²) in [4.78, 5) is 4.00. The van der Waals surface area contributed by atoms with Crippen molar-refractivity contribution in [3.8, 4) is 0 Å². The lowest BCUT2D eigenvalue weighted by atomic mass is 10.1. The van der Waals surface area contributed by atoms with Crippen LogP contribution in [-0.4, -0.2) is 10.5 Å². The molecule has 1 aromatic heterocycles. The van der Waals surface area contributed by atoms with Gasteiger partial charge in [0, 0.05) is 6.20 Å². The Bertz CT molecular complexity index is 312. The van der Waals surface area contributed by atoms with Crippen LogP contribution < -0.4 is 5.73 Å². The van der Waals surface area contributed by atoms with E-state index in [9.17, 15) is 0 Å². The molecule has 0 aromatic carbocycles. The molecule has 0 unspecified atom stereocenters. The number of nitrogen functional groups attached to an aromatic ring is 1. The number of hydrogen-bond acceptors (Lipinski definition) is 4. The van der Waals surface area contributed by atoms with Crippen molar-refractivity contribution in [2.24, 2.45) is 10.2 Å². The number of pyridine rings is 1. The number of hydrogen-bond donors (Lipinski definition) is 1. The lowest BCUT2D eigenvalue weighted by Crippen LogP contribution is -2.07. The number of rotatable bonds is 1. The molecular formula is C9H14N4. The van der Waals surface area contributed by atoms with Crippen LogP contribution in [-0.2, 0) is 0 Å². The van der Waals surface area contributed by atoms with Gasteiger partial charge < -0.3 is 5.73 Å². The molecule has 0 aliphatic heterocycles. The molecule has 0 aliphatic carbocycles. The van der Waals surface area contributed by atoms with Gasteiger partial charge in [0.25, 0.3) is 0 Å². The minimum atomic E-state index is -0.191. The molecule has 1 heterocycles. The first kappa shape index (κ1) is 9.64. The first-order valence-corrected chi connectivity index (χ1v) is 4.12. The van der Waals surface area contributed by atoms with Gasteiger partial charge in [0.1, 0.15) is 0 Å². The van der Waals surface area contributed by atoms with E-state index in [4.69, 9.17) is 5.73 Å². The zero-order chi connectivity index (χ0) is 9.90. The Morgan fingerprint density at radius 3 is 2.62 bits per heavy atom. The van der Waals surface area contributed by atoms with E-state index in [0.29, 0.717) is 11.5 Å². The average molecular weight is 178 g/mol. The molecule has 1 rings (SSSR count). The number of nitrogens with two attached hydrogens (primary N) is 1. The van der Waals surface area contributed by atoms with Crippen LogP contribution in [0.15, 0.2) is 28.6 Å². The monoisotopic (exact) mass is 178 g/mol. The van der Waals surface area contributed by atoms with Gasteiger partial charge >= 0.3 is 0 Å². The number of anilines is 1. The maximum atomic E-state index is 5.63. The summed E-state index contributed by atoms with van der Waals surface area (Å²) in [6.07, 6.45) is 1.65. The molecule has 70 valence electrons. The van der Waals surface area contributed by atoms with Crippen LogP contribution in [0, 0.1) is 0 Å². The molecule has 0 amide bonds. The molecule has 0 fully saturated rings. The highest BCUT2D eigenvalue weighted by Gasteiger charge is 2.07. The van der Waals surface area contributed by atoms with Crippen LogP contribution in [0.1, 0.15) is 20.8 Å². The van der Waals surface area contributed by atoms with Crippen molar-refractivity contribution >= 4 is 11.5 Å². The van der Waals surface area contributed by atoms with E-state index in [0.717, 1.165) is 0 Å². The fourth-order valence-corrected chi connectivity index (χ4v) is 0.690. The summed E-state index contributed by atoms with van der Waals surface area (Å²) < 4.78 is 0. The van der Waals surface area contributed by atoms with Crippen molar-refractivity contribution < 1.29 is 0 Å². The second-order valence-corrected chi connectivity index (χ2v) is 3.79. The van der Waals surface area contributed by atoms with E-state index in [1.165, 1.54) is 0 Å². The second kappa shape index (κ2) is 3.51. The summed E-state index contributed by atoms with van der Waals surface area (Å²) >= 11 is 0. The topological polar surface area (TPSA) is 63.6 Å². The summed E-state index contributed by atoms with van der Waals surface area (Å²) in [5, 5.41) is 8.04. The quantitative estimate of drug-likeness (QED) is 0.671. The highest BCUT2D eigenvalue weighted by Crippen LogP contribution is 2.19. The molecule has 1 aromatic rings. The van der Waals surface area contributed by atoms with Crippen molar-refractivity contribution in [2.45, 2.75) is 26.3 Å². The minimum absolute atomic E-state index is 0.191. The van der Waals surface area contributed by atoms with Gasteiger partial charge in [0.15, 0.2) is 5.82 Å². The van der Waals surface area contributed by atoms with E-state index >= 15 is 0 Å². The molecule has 0 spiro atoms. The summed E-state index contributed by atoms with van der Waals surface area (Å²) in [5.41, 5.74) is 5.99. The largest absolute Gasteiger partial charge is 0.396 e. The van der Waals surface area contributed by atoms with Gasteiger partial charge in [-0.05, 0) is 32.9 Å². The molecule has 4 nitrogen and oxygen atoms in total. The maximum absolute atomic E-state index is 5.63. The Kier molecular flexibility index (Phi) is 2.60. The minimum Gasteiger partial charge on any atom is -0.396 e. The van der Waals surface area contributed by atoms with Crippen LogP contribution in [0.4, 0.5) is 11.5 Å². The van der Waals surface area contributed by atoms with Crippen molar-refractivity contribution in [1.82, 2.24) is 4.98 Å². The van der Waals surface area contributed by atoms with Crippen LogP contribution in [0.5, 0.6) is 0 Å². The van der Waals surface area contributed by atoms with Crippen molar-refractivity contribution in [1.29, 1.82) is 0 Å². The summed E-state index contributed by atoms with van der Waals surface area (Å²) in [6.45, 7) is 5.90. The molecule has 0 bridgehead atoms. The first-order chi connectivity index (χ1) is 5.99. The first-order valence-electron chi connectivity index (χ1n) is 4.12. The third-order valence-corrected chi connectivity index (χ3v) is 1.26. The lowest BCUT2D eigenvalue weighted by molar-refractivity contribution is 0.551. The molecule has 0 aliphatic rings. The van der Waals surface area contributed by atoms with E-state index in [2.05, 4.69) is 15.2 Å². The van der Waals surface area contributed by atoms with E-state index in [1.807, 2.05) is 20.8 Å². The summed E-state index contributed by atoms with van der Waals surface area (Å²) in [7, 11) is 0. The number of azo groups is 1. The Labute approximate surface area is 77.9 Å².